The van der Waals surface area contributed by atoms with Crippen LogP contribution in [0.25, 0.3) is 11.3 Å². The number of amides is 1. The molecule has 3 heterocycles. The van der Waals surface area contributed by atoms with E-state index in [0.29, 0.717) is 24.3 Å². The number of benzene rings is 1. The maximum absolute atomic E-state index is 14.7. The molecular formula is C25H27F2N5O4S. The minimum Gasteiger partial charge on any atom is -0.493 e. The maximum atomic E-state index is 14.7. The van der Waals surface area contributed by atoms with Gasteiger partial charge in [0.1, 0.15) is 23.2 Å². The van der Waals surface area contributed by atoms with Gasteiger partial charge in [0.05, 0.1) is 17.9 Å². The highest BCUT2D eigenvalue weighted by molar-refractivity contribution is 7.90. The van der Waals surface area contributed by atoms with Crippen molar-refractivity contribution in [1.82, 2.24) is 14.7 Å². The molecule has 0 bridgehead atoms. The van der Waals surface area contributed by atoms with Crippen LogP contribution in [0.15, 0.2) is 53.6 Å². The Bertz CT molecular complexity index is 1420. The average molecular weight is 532 g/mol. The molecule has 1 amide bonds. The number of carbonyl (C=O) groups excluding carboxylic acids is 1. The molecule has 0 saturated carbocycles. The van der Waals surface area contributed by atoms with E-state index in [1.165, 1.54) is 47.4 Å². The summed E-state index contributed by atoms with van der Waals surface area (Å²) in [5.41, 5.74) is 6.03. The third kappa shape index (κ3) is 6.13. The summed E-state index contributed by atoms with van der Waals surface area (Å²) in [4.78, 5) is 22.6. The van der Waals surface area contributed by atoms with Crippen molar-refractivity contribution >= 4 is 27.6 Å². The van der Waals surface area contributed by atoms with E-state index in [9.17, 15) is 22.0 Å². The maximum Gasteiger partial charge on any atom is 0.281 e. The van der Waals surface area contributed by atoms with E-state index >= 15 is 0 Å². The van der Waals surface area contributed by atoms with Gasteiger partial charge in [-0.1, -0.05) is 19.9 Å². The number of carbonyl (C=O) groups is 1. The molecule has 4 rings (SSSR count). The Labute approximate surface area is 213 Å². The van der Waals surface area contributed by atoms with Gasteiger partial charge in [-0.25, -0.2) is 23.5 Å². The molecule has 1 saturated heterocycles. The van der Waals surface area contributed by atoms with Gasteiger partial charge in [0, 0.05) is 18.2 Å². The van der Waals surface area contributed by atoms with Gasteiger partial charge in [-0.2, -0.15) is 8.42 Å². The minimum atomic E-state index is -4.37. The molecule has 196 valence electrons. The third-order valence-corrected chi connectivity index (χ3v) is 6.80. The lowest BCUT2D eigenvalue weighted by Gasteiger charge is -2.23. The van der Waals surface area contributed by atoms with Crippen molar-refractivity contribution in [3.8, 4) is 17.0 Å². The van der Waals surface area contributed by atoms with Crippen LogP contribution >= 0.6 is 0 Å². The van der Waals surface area contributed by atoms with Crippen molar-refractivity contribution in [2.24, 2.45) is 5.92 Å². The van der Waals surface area contributed by atoms with Crippen LogP contribution in [0.2, 0.25) is 0 Å². The summed E-state index contributed by atoms with van der Waals surface area (Å²) < 4.78 is 62.1. The first-order valence-corrected chi connectivity index (χ1v) is 13.2. The molecule has 12 heteroatoms. The molecule has 1 fully saturated rings. The fourth-order valence-electron chi connectivity index (χ4n) is 3.84. The lowest BCUT2D eigenvalue weighted by Crippen LogP contribution is -2.34. The van der Waals surface area contributed by atoms with Crippen LogP contribution in [-0.2, 0) is 10.0 Å². The summed E-state index contributed by atoms with van der Waals surface area (Å²) in [5.74, 6) is -1.12. The van der Waals surface area contributed by atoms with Gasteiger partial charge in [0.15, 0.2) is 11.3 Å². The largest absolute Gasteiger partial charge is 0.493 e. The zero-order valence-corrected chi connectivity index (χ0v) is 21.1. The first kappa shape index (κ1) is 26.3. The number of rotatable bonds is 8. The Balaban J connectivity index is 1.71. The average Bonchev–Trinajstić information content (AvgIpc) is 3.27. The SMILES string of the molecule is CC(C)COc1cc(F)cc(-c2ccc(C(=O)NS(=O)(=O)c3cccc(N)n3)c(N3CCCC3F)n2)c1. The number of alkyl halides is 1. The molecule has 1 aliphatic heterocycles. The number of hydrogen-bond acceptors (Lipinski definition) is 8. The normalized spacial score (nSPS) is 15.7. The molecule has 3 aromatic rings. The van der Waals surface area contributed by atoms with E-state index in [2.05, 4.69) is 9.97 Å². The van der Waals surface area contributed by atoms with Crippen molar-refractivity contribution in [2.75, 3.05) is 23.8 Å². The van der Waals surface area contributed by atoms with E-state index < -0.39 is 33.1 Å². The Morgan fingerprint density at radius 1 is 1.22 bits per heavy atom. The standard InChI is InChI=1S/C25H27F2N5O4S/c1-15(2)14-36-18-12-16(11-17(26)13-18)20-9-8-19(24(29-20)32-10-4-5-21(32)27)25(33)31-37(34,35)23-7-3-6-22(28)30-23/h3,6-9,11-13,15,21H,4-5,10,14H2,1-2H3,(H2,28,30)(H,31,33). The van der Waals surface area contributed by atoms with E-state index in [0.717, 1.165) is 0 Å². The highest BCUT2D eigenvalue weighted by Gasteiger charge is 2.31. The van der Waals surface area contributed by atoms with Crippen molar-refractivity contribution in [3.63, 3.8) is 0 Å². The van der Waals surface area contributed by atoms with Crippen molar-refractivity contribution < 1.29 is 26.7 Å². The van der Waals surface area contributed by atoms with Crippen LogP contribution in [0.5, 0.6) is 5.75 Å². The fourth-order valence-corrected chi connectivity index (χ4v) is 4.78. The zero-order valence-electron chi connectivity index (χ0n) is 20.3. The van der Waals surface area contributed by atoms with Gasteiger partial charge >= 0.3 is 0 Å². The summed E-state index contributed by atoms with van der Waals surface area (Å²) in [6.45, 7) is 4.58. The second-order valence-corrected chi connectivity index (χ2v) is 10.7. The summed E-state index contributed by atoms with van der Waals surface area (Å²) >= 11 is 0. The number of nitrogens with two attached hydrogens (primary N) is 1. The van der Waals surface area contributed by atoms with Crippen molar-refractivity contribution in [2.45, 2.75) is 38.0 Å². The number of nitrogen functional groups attached to an aromatic ring is 1. The molecule has 1 unspecified atom stereocenters. The van der Waals surface area contributed by atoms with Gasteiger partial charge in [0.25, 0.3) is 15.9 Å². The monoisotopic (exact) mass is 531 g/mol. The lowest BCUT2D eigenvalue weighted by molar-refractivity contribution is 0.0981. The number of hydrogen-bond donors (Lipinski definition) is 2. The third-order valence-electron chi connectivity index (χ3n) is 5.57. The van der Waals surface area contributed by atoms with E-state index in [-0.39, 0.29) is 41.8 Å². The molecule has 1 aromatic carbocycles. The number of nitrogens with zero attached hydrogens (tertiary/aromatic N) is 3. The number of halogens is 2. The second-order valence-electron chi connectivity index (χ2n) is 9.05. The molecule has 3 N–H and O–H groups in total. The fraction of sp³-hybridized carbons (Fsp3) is 0.320. The van der Waals surface area contributed by atoms with Crippen LogP contribution in [0, 0.1) is 11.7 Å². The van der Waals surface area contributed by atoms with Crippen LogP contribution in [0.3, 0.4) is 0 Å². The Morgan fingerprint density at radius 2 is 2.00 bits per heavy atom. The molecule has 0 aliphatic carbocycles. The second kappa shape index (κ2) is 10.7. The van der Waals surface area contributed by atoms with Gasteiger partial charge in [0.2, 0.25) is 0 Å². The number of ether oxygens (including phenoxy) is 1. The quantitative estimate of drug-likeness (QED) is 0.419. The molecule has 2 aromatic heterocycles. The zero-order chi connectivity index (χ0) is 26.7. The topological polar surface area (TPSA) is 128 Å². The Kier molecular flexibility index (Phi) is 7.58. The van der Waals surface area contributed by atoms with Gasteiger partial charge in [-0.05, 0) is 55.2 Å². The number of nitrogens with one attached hydrogen (secondary N) is 1. The first-order valence-electron chi connectivity index (χ1n) is 11.7. The number of pyridine rings is 2. The molecule has 1 atom stereocenters. The van der Waals surface area contributed by atoms with Crippen LogP contribution in [-0.4, -0.2) is 43.7 Å². The van der Waals surface area contributed by atoms with Crippen molar-refractivity contribution in [1.29, 1.82) is 0 Å². The molecule has 9 nitrogen and oxygen atoms in total. The summed E-state index contributed by atoms with van der Waals surface area (Å²) in [6.07, 6.45) is -0.669. The predicted octanol–water partition coefficient (Wildman–Crippen LogP) is 3.91. The Hall–Kier alpha value is -3.80. The number of anilines is 2. The lowest BCUT2D eigenvalue weighted by atomic mass is 10.1. The number of sulfonamides is 1. The van der Waals surface area contributed by atoms with Gasteiger partial charge in [-0.3, -0.25) is 4.79 Å². The molecule has 37 heavy (non-hydrogen) atoms. The van der Waals surface area contributed by atoms with Crippen molar-refractivity contribution in [3.05, 3.63) is 59.9 Å². The summed E-state index contributed by atoms with van der Waals surface area (Å²) in [5, 5.41) is -0.440. The molecule has 0 spiro atoms. The highest BCUT2D eigenvalue weighted by Crippen LogP contribution is 2.32. The predicted molar refractivity (Wildman–Crippen MR) is 135 cm³/mol. The van der Waals surface area contributed by atoms with Crippen LogP contribution in [0.1, 0.15) is 37.0 Å². The highest BCUT2D eigenvalue weighted by atomic mass is 32.2. The van der Waals surface area contributed by atoms with Crippen LogP contribution in [0.4, 0.5) is 20.4 Å². The smallest absolute Gasteiger partial charge is 0.281 e. The van der Waals surface area contributed by atoms with Crippen LogP contribution < -0.4 is 20.1 Å². The molecular weight excluding hydrogens is 504 g/mol. The van der Waals surface area contributed by atoms with E-state index in [1.807, 2.05) is 18.6 Å². The molecule has 1 aliphatic rings. The summed E-state index contributed by atoms with van der Waals surface area (Å²) in [7, 11) is -4.37. The van der Waals surface area contributed by atoms with E-state index in [1.54, 1.807) is 6.07 Å². The Morgan fingerprint density at radius 3 is 2.68 bits per heavy atom. The molecule has 0 radical (unpaired) electrons. The number of aromatic nitrogens is 2. The minimum absolute atomic E-state index is 0.0359. The van der Waals surface area contributed by atoms with Gasteiger partial charge in [-0.15, -0.1) is 0 Å². The first-order chi connectivity index (χ1) is 17.5. The summed E-state index contributed by atoms with van der Waals surface area (Å²) in [6, 6.07) is 10.9. The van der Waals surface area contributed by atoms with E-state index in [4.69, 9.17) is 10.5 Å². The van der Waals surface area contributed by atoms with Gasteiger partial charge < -0.3 is 15.4 Å².